The van der Waals surface area contributed by atoms with Crippen LogP contribution in [-0.4, -0.2) is 23.1 Å². The SMILES string of the molecule is Cc1cccc(NC(=O)c2cccc(B(O)O)c2)c1C. The Bertz CT molecular complexity index is 641. The molecule has 0 aliphatic carbocycles. The van der Waals surface area contributed by atoms with Crippen LogP contribution in [0.4, 0.5) is 5.69 Å². The van der Waals surface area contributed by atoms with Gasteiger partial charge >= 0.3 is 7.12 Å². The van der Waals surface area contributed by atoms with E-state index in [1.807, 2.05) is 32.0 Å². The monoisotopic (exact) mass is 269 g/mol. The van der Waals surface area contributed by atoms with Crippen LogP contribution in [0.2, 0.25) is 0 Å². The highest BCUT2D eigenvalue weighted by molar-refractivity contribution is 6.58. The summed E-state index contributed by atoms with van der Waals surface area (Å²) in [6.45, 7) is 3.92. The van der Waals surface area contributed by atoms with Crippen LogP contribution in [0.5, 0.6) is 0 Å². The van der Waals surface area contributed by atoms with Gasteiger partial charge in [-0.2, -0.15) is 0 Å². The molecule has 0 fully saturated rings. The maximum Gasteiger partial charge on any atom is 0.488 e. The maximum atomic E-state index is 12.2. The largest absolute Gasteiger partial charge is 0.488 e. The molecule has 0 saturated carbocycles. The zero-order valence-corrected chi connectivity index (χ0v) is 11.4. The third-order valence-electron chi connectivity index (χ3n) is 3.30. The standard InChI is InChI=1S/C15H16BNO3/c1-10-5-3-8-14(11(10)2)17-15(18)12-6-4-7-13(9-12)16(19)20/h3-9,19-20H,1-2H3,(H,17,18). The minimum absolute atomic E-state index is 0.277. The van der Waals surface area contributed by atoms with Crippen LogP contribution in [0.15, 0.2) is 42.5 Å². The van der Waals surface area contributed by atoms with E-state index >= 15 is 0 Å². The van der Waals surface area contributed by atoms with E-state index in [4.69, 9.17) is 10.0 Å². The lowest BCUT2D eigenvalue weighted by molar-refractivity contribution is 0.102. The number of rotatable bonds is 3. The summed E-state index contributed by atoms with van der Waals surface area (Å²) in [6.07, 6.45) is 0. The number of hydrogen-bond donors (Lipinski definition) is 3. The molecule has 5 heteroatoms. The van der Waals surface area contributed by atoms with Crippen LogP contribution < -0.4 is 10.8 Å². The van der Waals surface area contributed by atoms with Gasteiger partial charge in [-0.3, -0.25) is 4.79 Å². The minimum atomic E-state index is -1.58. The molecule has 20 heavy (non-hydrogen) atoms. The molecule has 3 N–H and O–H groups in total. The van der Waals surface area contributed by atoms with E-state index in [1.54, 1.807) is 18.2 Å². The fourth-order valence-electron chi connectivity index (χ4n) is 1.92. The summed E-state index contributed by atoms with van der Waals surface area (Å²) in [5, 5.41) is 21.1. The predicted octanol–water partition coefficient (Wildman–Crippen LogP) is 1.24. The molecule has 0 heterocycles. The third-order valence-corrected chi connectivity index (χ3v) is 3.30. The predicted molar refractivity (Wildman–Crippen MR) is 80.1 cm³/mol. The van der Waals surface area contributed by atoms with Gasteiger partial charge in [0.25, 0.3) is 5.91 Å². The number of nitrogens with one attached hydrogen (secondary N) is 1. The van der Waals surface area contributed by atoms with Crippen LogP contribution in [0.1, 0.15) is 21.5 Å². The molecule has 2 rings (SSSR count). The highest BCUT2D eigenvalue weighted by atomic mass is 16.4. The molecule has 0 aliphatic rings. The van der Waals surface area contributed by atoms with Gasteiger partial charge in [-0.05, 0) is 48.6 Å². The van der Waals surface area contributed by atoms with Crippen molar-refractivity contribution in [2.45, 2.75) is 13.8 Å². The average molecular weight is 269 g/mol. The van der Waals surface area contributed by atoms with E-state index in [-0.39, 0.29) is 5.91 Å². The minimum Gasteiger partial charge on any atom is -0.423 e. The summed E-state index contributed by atoms with van der Waals surface area (Å²) in [5.74, 6) is -0.277. The van der Waals surface area contributed by atoms with Gasteiger partial charge in [0.1, 0.15) is 0 Å². The topological polar surface area (TPSA) is 69.6 Å². The van der Waals surface area contributed by atoms with Crippen LogP contribution in [0.25, 0.3) is 0 Å². The molecule has 0 atom stereocenters. The van der Waals surface area contributed by atoms with E-state index in [9.17, 15) is 4.79 Å². The van der Waals surface area contributed by atoms with E-state index in [1.165, 1.54) is 6.07 Å². The molecule has 0 unspecified atom stereocenters. The number of anilines is 1. The van der Waals surface area contributed by atoms with E-state index in [0.29, 0.717) is 11.0 Å². The molecule has 4 nitrogen and oxygen atoms in total. The van der Waals surface area contributed by atoms with Gasteiger partial charge < -0.3 is 15.4 Å². The fraction of sp³-hybridized carbons (Fsp3) is 0.133. The highest BCUT2D eigenvalue weighted by Gasteiger charge is 2.14. The van der Waals surface area contributed by atoms with Gasteiger partial charge in [-0.1, -0.05) is 24.3 Å². The zero-order chi connectivity index (χ0) is 14.7. The van der Waals surface area contributed by atoms with E-state index in [2.05, 4.69) is 5.32 Å². The number of hydrogen-bond acceptors (Lipinski definition) is 3. The fourth-order valence-corrected chi connectivity index (χ4v) is 1.92. The Morgan fingerprint density at radius 3 is 2.50 bits per heavy atom. The molecule has 1 amide bonds. The molecule has 0 saturated heterocycles. The Morgan fingerprint density at radius 2 is 1.80 bits per heavy atom. The van der Waals surface area contributed by atoms with Gasteiger partial charge in [0, 0.05) is 11.3 Å². The number of amides is 1. The molecule has 102 valence electrons. The van der Waals surface area contributed by atoms with Crippen molar-refractivity contribution in [2.75, 3.05) is 5.32 Å². The maximum absolute atomic E-state index is 12.2. The molecule has 2 aromatic rings. The van der Waals surface area contributed by atoms with Crippen molar-refractivity contribution < 1.29 is 14.8 Å². The Kier molecular flexibility index (Phi) is 4.22. The Balaban J connectivity index is 2.24. The van der Waals surface area contributed by atoms with Crippen molar-refractivity contribution in [1.82, 2.24) is 0 Å². The zero-order valence-electron chi connectivity index (χ0n) is 11.4. The van der Waals surface area contributed by atoms with Crippen LogP contribution in [-0.2, 0) is 0 Å². The summed E-state index contributed by atoms with van der Waals surface area (Å²) in [7, 11) is -1.58. The molecule has 2 aromatic carbocycles. The summed E-state index contributed by atoms with van der Waals surface area (Å²) < 4.78 is 0. The Labute approximate surface area is 118 Å². The van der Waals surface area contributed by atoms with Crippen LogP contribution >= 0.6 is 0 Å². The molecule has 0 aromatic heterocycles. The summed E-state index contributed by atoms with van der Waals surface area (Å²) in [6, 6.07) is 12.0. The average Bonchev–Trinajstić information content (AvgIpc) is 2.44. The number of carbonyl (C=O) groups is 1. The lowest BCUT2D eigenvalue weighted by Gasteiger charge is -2.11. The first-order valence-electron chi connectivity index (χ1n) is 6.32. The first-order valence-corrected chi connectivity index (χ1v) is 6.32. The lowest BCUT2D eigenvalue weighted by Crippen LogP contribution is -2.30. The first kappa shape index (κ1) is 14.3. The number of benzene rings is 2. The molecular formula is C15H16BNO3. The van der Waals surface area contributed by atoms with Crippen molar-refractivity contribution in [3.05, 3.63) is 59.2 Å². The highest BCUT2D eigenvalue weighted by Crippen LogP contribution is 2.18. The van der Waals surface area contributed by atoms with Gasteiger partial charge in [0.05, 0.1) is 0 Å². The second kappa shape index (κ2) is 5.90. The second-order valence-electron chi connectivity index (χ2n) is 4.70. The summed E-state index contributed by atoms with van der Waals surface area (Å²) in [5.41, 5.74) is 3.54. The first-order chi connectivity index (χ1) is 9.49. The van der Waals surface area contributed by atoms with Crippen molar-refractivity contribution in [3.63, 3.8) is 0 Å². The second-order valence-corrected chi connectivity index (χ2v) is 4.70. The summed E-state index contributed by atoms with van der Waals surface area (Å²) in [4.78, 5) is 12.2. The van der Waals surface area contributed by atoms with E-state index < -0.39 is 7.12 Å². The van der Waals surface area contributed by atoms with E-state index in [0.717, 1.165) is 16.8 Å². The van der Waals surface area contributed by atoms with Gasteiger partial charge in [0.2, 0.25) is 0 Å². The molecule has 0 aliphatic heterocycles. The molecule has 0 spiro atoms. The molecular weight excluding hydrogens is 253 g/mol. The Hall–Kier alpha value is -2.11. The van der Waals surface area contributed by atoms with Crippen LogP contribution in [0.3, 0.4) is 0 Å². The van der Waals surface area contributed by atoms with Gasteiger partial charge in [-0.25, -0.2) is 0 Å². The molecule has 0 radical (unpaired) electrons. The Morgan fingerprint density at radius 1 is 1.10 bits per heavy atom. The smallest absolute Gasteiger partial charge is 0.423 e. The third kappa shape index (κ3) is 3.07. The van der Waals surface area contributed by atoms with Gasteiger partial charge in [0.15, 0.2) is 0 Å². The van der Waals surface area contributed by atoms with Crippen molar-refractivity contribution in [2.24, 2.45) is 0 Å². The number of carbonyl (C=O) groups excluding carboxylic acids is 1. The normalized spacial score (nSPS) is 10.2. The molecule has 0 bridgehead atoms. The summed E-state index contributed by atoms with van der Waals surface area (Å²) >= 11 is 0. The quantitative estimate of drug-likeness (QED) is 0.734. The van der Waals surface area contributed by atoms with Crippen molar-refractivity contribution >= 4 is 24.2 Å². The number of aryl methyl sites for hydroxylation is 1. The van der Waals surface area contributed by atoms with Crippen molar-refractivity contribution in [1.29, 1.82) is 0 Å². The van der Waals surface area contributed by atoms with Crippen molar-refractivity contribution in [3.8, 4) is 0 Å². The van der Waals surface area contributed by atoms with Crippen LogP contribution in [0, 0.1) is 13.8 Å². The van der Waals surface area contributed by atoms with Gasteiger partial charge in [-0.15, -0.1) is 0 Å². The lowest BCUT2D eigenvalue weighted by atomic mass is 9.79.